The molecule has 4 nitrogen and oxygen atoms in total. The standard InChI is InChI=1S/C17H19N3OS/c1-12-5-4-6-15(18-12)20-16(21)11-22-17(20)13-7-9-14(10-8-13)19(2)3/h4-10,17H,11H2,1-3H3. The van der Waals surface area contributed by atoms with E-state index in [-0.39, 0.29) is 11.3 Å². The zero-order valence-electron chi connectivity index (χ0n) is 13.0. The van der Waals surface area contributed by atoms with Gasteiger partial charge in [-0.1, -0.05) is 18.2 Å². The SMILES string of the molecule is Cc1cccc(N2C(=O)CSC2c2ccc(N(C)C)cc2)n1. The summed E-state index contributed by atoms with van der Waals surface area (Å²) < 4.78 is 0. The van der Waals surface area contributed by atoms with Crippen molar-refractivity contribution >= 4 is 29.2 Å². The number of amides is 1. The third-order valence-corrected chi connectivity index (χ3v) is 4.90. The minimum absolute atomic E-state index is 0.00184. The number of aromatic nitrogens is 1. The quantitative estimate of drug-likeness (QED) is 0.871. The number of pyridine rings is 1. The van der Waals surface area contributed by atoms with Crippen LogP contribution >= 0.6 is 11.8 Å². The molecule has 2 aromatic rings. The van der Waals surface area contributed by atoms with Crippen LogP contribution in [0.25, 0.3) is 0 Å². The first kappa shape index (κ1) is 14.9. The van der Waals surface area contributed by atoms with Gasteiger partial charge in [0.1, 0.15) is 11.2 Å². The van der Waals surface area contributed by atoms with E-state index in [1.807, 2.05) is 44.1 Å². The molecule has 0 radical (unpaired) electrons. The Kier molecular flexibility index (Phi) is 4.07. The molecule has 2 heterocycles. The molecule has 1 unspecified atom stereocenters. The minimum atomic E-state index is -0.00184. The van der Waals surface area contributed by atoms with E-state index < -0.39 is 0 Å². The number of anilines is 2. The molecular formula is C17H19N3OS. The van der Waals surface area contributed by atoms with Crippen molar-refractivity contribution in [1.29, 1.82) is 0 Å². The van der Waals surface area contributed by atoms with Crippen molar-refractivity contribution in [2.45, 2.75) is 12.3 Å². The van der Waals surface area contributed by atoms with Crippen molar-refractivity contribution in [2.75, 3.05) is 29.6 Å². The van der Waals surface area contributed by atoms with Crippen LogP contribution < -0.4 is 9.80 Å². The van der Waals surface area contributed by atoms with Crippen LogP contribution in [0.15, 0.2) is 42.5 Å². The number of carbonyl (C=O) groups is 1. The Labute approximate surface area is 135 Å². The summed E-state index contributed by atoms with van der Waals surface area (Å²) >= 11 is 1.65. The monoisotopic (exact) mass is 313 g/mol. The Hall–Kier alpha value is -2.01. The van der Waals surface area contributed by atoms with Crippen molar-refractivity contribution in [1.82, 2.24) is 4.98 Å². The first-order valence-corrected chi connectivity index (χ1v) is 8.26. The predicted octanol–water partition coefficient (Wildman–Crippen LogP) is 3.23. The molecule has 0 bridgehead atoms. The zero-order chi connectivity index (χ0) is 15.7. The van der Waals surface area contributed by atoms with Gasteiger partial charge in [0.15, 0.2) is 0 Å². The fourth-order valence-electron chi connectivity index (χ4n) is 2.52. The van der Waals surface area contributed by atoms with E-state index in [0.29, 0.717) is 5.75 Å². The largest absolute Gasteiger partial charge is 0.378 e. The molecule has 0 spiro atoms. The summed E-state index contributed by atoms with van der Waals surface area (Å²) in [5, 5.41) is -0.00184. The topological polar surface area (TPSA) is 36.4 Å². The number of hydrogen-bond donors (Lipinski definition) is 0. The highest BCUT2D eigenvalue weighted by atomic mass is 32.2. The molecule has 1 aromatic heterocycles. The third-order valence-electron chi connectivity index (χ3n) is 3.68. The van der Waals surface area contributed by atoms with E-state index in [9.17, 15) is 4.79 Å². The van der Waals surface area contributed by atoms with Gasteiger partial charge in [0.2, 0.25) is 5.91 Å². The van der Waals surface area contributed by atoms with Gasteiger partial charge in [-0.2, -0.15) is 0 Å². The Morgan fingerprint density at radius 1 is 1.18 bits per heavy atom. The summed E-state index contributed by atoms with van der Waals surface area (Å²) in [6.45, 7) is 1.94. The van der Waals surface area contributed by atoms with E-state index in [1.54, 1.807) is 11.8 Å². The normalized spacial score (nSPS) is 17.9. The van der Waals surface area contributed by atoms with Crippen LogP contribution in [0.4, 0.5) is 11.5 Å². The third kappa shape index (κ3) is 2.81. The molecular weight excluding hydrogens is 294 g/mol. The molecule has 0 N–H and O–H groups in total. The molecule has 1 amide bonds. The Balaban J connectivity index is 1.93. The lowest BCUT2D eigenvalue weighted by Crippen LogP contribution is -2.28. The lowest BCUT2D eigenvalue weighted by Gasteiger charge is -2.24. The van der Waals surface area contributed by atoms with Gasteiger partial charge in [-0.05, 0) is 36.8 Å². The average Bonchev–Trinajstić information content (AvgIpc) is 2.89. The van der Waals surface area contributed by atoms with Crippen molar-refractivity contribution < 1.29 is 4.79 Å². The summed E-state index contributed by atoms with van der Waals surface area (Å²) in [5.74, 6) is 1.34. The second kappa shape index (κ2) is 6.01. The van der Waals surface area contributed by atoms with E-state index in [4.69, 9.17) is 0 Å². The molecule has 22 heavy (non-hydrogen) atoms. The summed E-state index contributed by atoms with van der Waals surface area (Å²) in [7, 11) is 4.04. The van der Waals surface area contributed by atoms with E-state index in [0.717, 1.165) is 22.8 Å². The highest BCUT2D eigenvalue weighted by Crippen LogP contribution is 2.41. The van der Waals surface area contributed by atoms with Gasteiger partial charge in [-0.25, -0.2) is 4.98 Å². The molecule has 3 rings (SSSR count). The van der Waals surface area contributed by atoms with Crippen molar-refractivity contribution in [3.63, 3.8) is 0 Å². The van der Waals surface area contributed by atoms with Crippen LogP contribution in [0.2, 0.25) is 0 Å². The van der Waals surface area contributed by atoms with Crippen LogP contribution in [0.5, 0.6) is 0 Å². The molecule has 1 aliphatic heterocycles. The molecule has 114 valence electrons. The van der Waals surface area contributed by atoms with E-state index in [1.165, 1.54) is 0 Å². The molecule has 1 fully saturated rings. The van der Waals surface area contributed by atoms with E-state index in [2.05, 4.69) is 34.1 Å². The number of thioether (sulfide) groups is 1. The highest BCUT2D eigenvalue weighted by molar-refractivity contribution is 8.00. The molecule has 0 aliphatic carbocycles. The van der Waals surface area contributed by atoms with Crippen molar-refractivity contribution in [2.24, 2.45) is 0 Å². The summed E-state index contributed by atoms with van der Waals surface area (Å²) in [4.78, 5) is 20.7. The van der Waals surface area contributed by atoms with Crippen LogP contribution in [0, 0.1) is 6.92 Å². The molecule has 1 aromatic carbocycles. The number of hydrogen-bond acceptors (Lipinski definition) is 4. The van der Waals surface area contributed by atoms with Gasteiger partial charge >= 0.3 is 0 Å². The number of aryl methyl sites for hydroxylation is 1. The van der Waals surface area contributed by atoms with Crippen LogP contribution in [-0.2, 0) is 4.79 Å². The maximum atomic E-state index is 12.3. The fraction of sp³-hybridized carbons (Fsp3) is 0.294. The van der Waals surface area contributed by atoms with Gasteiger partial charge in [-0.15, -0.1) is 11.8 Å². The zero-order valence-corrected chi connectivity index (χ0v) is 13.8. The number of nitrogens with zero attached hydrogens (tertiary/aromatic N) is 3. The lowest BCUT2D eigenvalue weighted by atomic mass is 10.1. The summed E-state index contributed by atoms with van der Waals surface area (Å²) in [6.07, 6.45) is 0. The average molecular weight is 313 g/mol. The number of carbonyl (C=O) groups excluding carboxylic acids is 1. The fourth-order valence-corrected chi connectivity index (χ4v) is 3.68. The molecule has 1 aliphatic rings. The predicted molar refractivity (Wildman–Crippen MR) is 92.4 cm³/mol. The van der Waals surface area contributed by atoms with Crippen LogP contribution in [0.3, 0.4) is 0 Å². The number of benzene rings is 1. The molecule has 1 atom stereocenters. The Bertz CT molecular complexity index is 685. The Morgan fingerprint density at radius 3 is 2.55 bits per heavy atom. The van der Waals surface area contributed by atoms with Crippen LogP contribution in [0.1, 0.15) is 16.6 Å². The van der Waals surface area contributed by atoms with Gasteiger partial charge < -0.3 is 4.90 Å². The van der Waals surface area contributed by atoms with Crippen LogP contribution in [-0.4, -0.2) is 30.7 Å². The molecule has 5 heteroatoms. The van der Waals surface area contributed by atoms with Gasteiger partial charge in [0, 0.05) is 25.5 Å². The van der Waals surface area contributed by atoms with Gasteiger partial charge in [0.25, 0.3) is 0 Å². The lowest BCUT2D eigenvalue weighted by molar-refractivity contribution is -0.115. The van der Waals surface area contributed by atoms with Gasteiger partial charge in [-0.3, -0.25) is 9.69 Å². The number of rotatable bonds is 3. The molecule has 0 saturated carbocycles. The van der Waals surface area contributed by atoms with Crippen molar-refractivity contribution in [3.05, 3.63) is 53.7 Å². The Morgan fingerprint density at radius 2 is 1.91 bits per heavy atom. The summed E-state index contributed by atoms with van der Waals surface area (Å²) in [6, 6.07) is 14.1. The molecule has 1 saturated heterocycles. The first-order chi connectivity index (χ1) is 10.6. The minimum Gasteiger partial charge on any atom is -0.378 e. The van der Waals surface area contributed by atoms with Gasteiger partial charge in [0.05, 0.1) is 5.75 Å². The van der Waals surface area contributed by atoms with Crippen molar-refractivity contribution in [3.8, 4) is 0 Å². The second-order valence-electron chi connectivity index (χ2n) is 5.55. The second-order valence-corrected chi connectivity index (χ2v) is 6.62. The van der Waals surface area contributed by atoms with E-state index >= 15 is 0 Å². The smallest absolute Gasteiger partial charge is 0.239 e. The first-order valence-electron chi connectivity index (χ1n) is 7.21. The maximum absolute atomic E-state index is 12.3. The summed E-state index contributed by atoms with van der Waals surface area (Å²) in [5.41, 5.74) is 3.20. The highest BCUT2D eigenvalue weighted by Gasteiger charge is 2.34. The maximum Gasteiger partial charge on any atom is 0.239 e.